The highest BCUT2D eigenvalue weighted by Crippen LogP contribution is 2.26. The smallest absolute Gasteiger partial charge is 0.0839 e. The monoisotopic (exact) mass is 358 g/mol. The van der Waals surface area contributed by atoms with Crippen LogP contribution in [0.4, 0.5) is 0 Å². The van der Waals surface area contributed by atoms with E-state index in [1.807, 2.05) is 0 Å². The van der Waals surface area contributed by atoms with Gasteiger partial charge in [0.1, 0.15) is 0 Å². The van der Waals surface area contributed by atoms with Crippen molar-refractivity contribution in [1.29, 1.82) is 0 Å². The largest absolute Gasteiger partial charge is 0.294 e. The first-order chi connectivity index (χ1) is 13.3. The van der Waals surface area contributed by atoms with Crippen molar-refractivity contribution in [2.45, 2.75) is 45.3 Å². The Kier molecular flexibility index (Phi) is 4.50. The van der Waals surface area contributed by atoms with Gasteiger partial charge >= 0.3 is 0 Å². The van der Waals surface area contributed by atoms with Crippen LogP contribution in [-0.2, 0) is 38.9 Å². The van der Waals surface area contributed by atoms with Gasteiger partial charge in [0.15, 0.2) is 0 Å². The molecule has 4 nitrogen and oxygen atoms in total. The molecule has 0 saturated carbocycles. The average Bonchev–Trinajstić information content (AvgIpc) is 3.32. The van der Waals surface area contributed by atoms with Crippen molar-refractivity contribution in [3.8, 4) is 0 Å². The standard InChI is InChI=1S/C23H26N4/c1-2-6-20-13-18(9-10-19(20)5-1)14-27-17-23(24-25-27)11-12-26-15-21-7-3-4-8-22(21)16-26/h1-8,17-18H,9-16H2. The number of aryl methyl sites for hydroxylation is 1. The first-order valence-electron chi connectivity index (χ1n) is 10.1. The Labute approximate surface area is 160 Å². The summed E-state index contributed by atoms with van der Waals surface area (Å²) in [6, 6.07) is 17.6. The number of hydrogen-bond donors (Lipinski definition) is 0. The Morgan fingerprint density at radius 2 is 1.59 bits per heavy atom. The van der Waals surface area contributed by atoms with Crippen molar-refractivity contribution in [3.05, 3.63) is 82.7 Å². The molecule has 3 aromatic rings. The molecule has 0 fully saturated rings. The number of fused-ring (bicyclic) bond motifs is 2. The van der Waals surface area contributed by atoms with E-state index >= 15 is 0 Å². The van der Waals surface area contributed by atoms with Crippen LogP contribution in [0.5, 0.6) is 0 Å². The second kappa shape index (κ2) is 7.28. The van der Waals surface area contributed by atoms with E-state index in [0.717, 1.165) is 44.7 Å². The van der Waals surface area contributed by atoms with Crippen LogP contribution in [0.15, 0.2) is 54.7 Å². The van der Waals surface area contributed by atoms with Crippen molar-refractivity contribution >= 4 is 0 Å². The Morgan fingerprint density at radius 1 is 0.889 bits per heavy atom. The molecule has 0 saturated heterocycles. The topological polar surface area (TPSA) is 34.0 Å². The maximum Gasteiger partial charge on any atom is 0.0839 e. The highest BCUT2D eigenvalue weighted by molar-refractivity contribution is 5.30. The molecule has 4 heteroatoms. The SMILES string of the molecule is c1ccc2c(c1)CCC(Cn1cc(CCN3Cc4ccccc4C3)nn1)C2. The van der Waals surface area contributed by atoms with Crippen molar-refractivity contribution in [3.63, 3.8) is 0 Å². The average molecular weight is 358 g/mol. The molecule has 1 aliphatic heterocycles. The van der Waals surface area contributed by atoms with Gasteiger partial charge in [-0.15, -0.1) is 5.10 Å². The molecular weight excluding hydrogens is 332 g/mol. The first kappa shape index (κ1) is 16.7. The zero-order valence-electron chi connectivity index (χ0n) is 15.7. The maximum atomic E-state index is 4.42. The Bertz CT molecular complexity index is 904. The van der Waals surface area contributed by atoms with E-state index in [2.05, 4.69) is 74.6 Å². The van der Waals surface area contributed by atoms with Gasteiger partial charge in [-0.1, -0.05) is 53.7 Å². The van der Waals surface area contributed by atoms with Gasteiger partial charge in [-0.3, -0.25) is 9.58 Å². The fraction of sp³-hybridized carbons (Fsp3) is 0.391. The van der Waals surface area contributed by atoms with Gasteiger partial charge in [-0.05, 0) is 47.4 Å². The molecule has 0 spiro atoms. The van der Waals surface area contributed by atoms with E-state index in [9.17, 15) is 0 Å². The number of benzene rings is 2. The summed E-state index contributed by atoms with van der Waals surface area (Å²) in [6.07, 6.45) is 6.73. The van der Waals surface area contributed by atoms with Crippen molar-refractivity contribution < 1.29 is 0 Å². The Balaban J connectivity index is 1.15. The third kappa shape index (κ3) is 3.67. The normalized spacial score (nSPS) is 19.0. The minimum atomic E-state index is 0.669. The lowest BCUT2D eigenvalue weighted by Gasteiger charge is -2.24. The quantitative estimate of drug-likeness (QED) is 0.698. The van der Waals surface area contributed by atoms with Crippen LogP contribution in [0.25, 0.3) is 0 Å². The summed E-state index contributed by atoms with van der Waals surface area (Å²) < 4.78 is 2.06. The van der Waals surface area contributed by atoms with Gasteiger partial charge in [-0.25, -0.2) is 0 Å². The Hall–Kier alpha value is -2.46. The summed E-state index contributed by atoms with van der Waals surface area (Å²) in [5, 5.41) is 8.82. The predicted molar refractivity (Wildman–Crippen MR) is 106 cm³/mol. The highest BCUT2D eigenvalue weighted by atomic mass is 15.4. The maximum absolute atomic E-state index is 4.42. The van der Waals surface area contributed by atoms with Gasteiger partial charge in [0.25, 0.3) is 0 Å². The summed E-state index contributed by atoms with van der Waals surface area (Å²) >= 11 is 0. The molecule has 1 aliphatic carbocycles. The van der Waals surface area contributed by atoms with Crippen LogP contribution in [0.1, 0.15) is 34.4 Å². The van der Waals surface area contributed by atoms with Crippen LogP contribution in [0, 0.1) is 5.92 Å². The minimum Gasteiger partial charge on any atom is -0.294 e. The summed E-state index contributed by atoms with van der Waals surface area (Å²) in [5.41, 5.74) is 7.10. The minimum absolute atomic E-state index is 0.669. The summed E-state index contributed by atoms with van der Waals surface area (Å²) in [5.74, 6) is 0.669. The fourth-order valence-electron chi connectivity index (χ4n) is 4.57. The van der Waals surface area contributed by atoms with E-state index in [-0.39, 0.29) is 0 Å². The molecule has 5 rings (SSSR count). The predicted octanol–water partition coefficient (Wildman–Crippen LogP) is 3.64. The van der Waals surface area contributed by atoms with Crippen molar-refractivity contribution in [1.82, 2.24) is 19.9 Å². The van der Waals surface area contributed by atoms with Gasteiger partial charge in [0, 0.05) is 38.8 Å². The molecule has 0 bridgehead atoms. The lowest BCUT2D eigenvalue weighted by Crippen LogP contribution is -2.20. The fourth-order valence-corrected chi connectivity index (χ4v) is 4.57. The van der Waals surface area contributed by atoms with E-state index in [4.69, 9.17) is 0 Å². The van der Waals surface area contributed by atoms with Gasteiger partial charge < -0.3 is 0 Å². The number of nitrogens with zero attached hydrogens (tertiary/aromatic N) is 4. The first-order valence-corrected chi connectivity index (χ1v) is 10.1. The molecule has 2 aliphatic rings. The molecule has 0 radical (unpaired) electrons. The van der Waals surface area contributed by atoms with Crippen LogP contribution < -0.4 is 0 Å². The second-order valence-corrected chi connectivity index (χ2v) is 8.04. The van der Waals surface area contributed by atoms with Gasteiger partial charge in [0.2, 0.25) is 0 Å². The molecule has 27 heavy (non-hydrogen) atoms. The molecule has 1 aromatic heterocycles. The third-order valence-electron chi connectivity index (χ3n) is 6.07. The zero-order valence-corrected chi connectivity index (χ0v) is 15.7. The van der Waals surface area contributed by atoms with Gasteiger partial charge in [-0.2, -0.15) is 0 Å². The molecular formula is C23H26N4. The van der Waals surface area contributed by atoms with E-state index in [1.165, 1.54) is 35.1 Å². The van der Waals surface area contributed by atoms with E-state index < -0.39 is 0 Å². The number of hydrogen-bond acceptors (Lipinski definition) is 3. The zero-order chi connectivity index (χ0) is 18.1. The molecule has 0 N–H and O–H groups in total. The van der Waals surface area contributed by atoms with Crippen LogP contribution in [0.2, 0.25) is 0 Å². The summed E-state index contributed by atoms with van der Waals surface area (Å²) in [7, 11) is 0. The molecule has 138 valence electrons. The van der Waals surface area contributed by atoms with E-state index in [1.54, 1.807) is 0 Å². The molecule has 2 heterocycles. The highest BCUT2D eigenvalue weighted by Gasteiger charge is 2.20. The van der Waals surface area contributed by atoms with Crippen LogP contribution in [-0.4, -0.2) is 26.4 Å². The lowest BCUT2D eigenvalue weighted by atomic mass is 9.84. The Morgan fingerprint density at radius 3 is 2.37 bits per heavy atom. The summed E-state index contributed by atoms with van der Waals surface area (Å²) in [6.45, 7) is 4.15. The van der Waals surface area contributed by atoms with Crippen LogP contribution >= 0.6 is 0 Å². The second-order valence-electron chi connectivity index (χ2n) is 8.04. The number of aromatic nitrogens is 3. The van der Waals surface area contributed by atoms with Crippen LogP contribution in [0.3, 0.4) is 0 Å². The molecule has 1 unspecified atom stereocenters. The molecule has 2 aromatic carbocycles. The van der Waals surface area contributed by atoms with Crippen molar-refractivity contribution in [2.75, 3.05) is 6.54 Å². The van der Waals surface area contributed by atoms with Crippen molar-refractivity contribution in [2.24, 2.45) is 5.92 Å². The summed E-state index contributed by atoms with van der Waals surface area (Å²) in [4.78, 5) is 2.50. The molecule has 1 atom stereocenters. The van der Waals surface area contributed by atoms with Gasteiger partial charge in [0.05, 0.1) is 5.69 Å². The van der Waals surface area contributed by atoms with E-state index in [0.29, 0.717) is 5.92 Å². The number of rotatable bonds is 5. The third-order valence-corrected chi connectivity index (χ3v) is 6.07. The molecule has 0 amide bonds. The lowest BCUT2D eigenvalue weighted by molar-refractivity contribution is 0.287.